The maximum absolute atomic E-state index is 11.6. The highest BCUT2D eigenvalue weighted by Crippen LogP contribution is 2.39. The molecular weight excluding hydrogens is 410 g/mol. The van der Waals surface area contributed by atoms with Gasteiger partial charge in [0.2, 0.25) is 0 Å². The molecule has 0 radical (unpaired) electrons. The number of hydrogen-bond donors (Lipinski definition) is 1. The molecule has 0 fully saturated rings. The van der Waals surface area contributed by atoms with E-state index in [1.807, 2.05) is 30.3 Å². The molecule has 1 aliphatic rings. The minimum atomic E-state index is -0.631. The molecule has 2 atom stereocenters. The van der Waals surface area contributed by atoms with Gasteiger partial charge >= 0.3 is 0 Å². The third kappa shape index (κ3) is 4.87. The number of nitrogens with zero attached hydrogens (tertiary/aromatic N) is 1. The Labute approximate surface area is 190 Å². The molecule has 0 saturated heterocycles. The summed E-state index contributed by atoms with van der Waals surface area (Å²) < 4.78 is 11.0. The van der Waals surface area contributed by atoms with Crippen LogP contribution in [0.1, 0.15) is 22.8 Å². The summed E-state index contributed by atoms with van der Waals surface area (Å²) in [5.41, 5.74) is 5.48. The van der Waals surface area contributed by atoms with Gasteiger partial charge in [0, 0.05) is 12.6 Å². The van der Waals surface area contributed by atoms with E-state index in [1.165, 1.54) is 11.1 Å². The molecule has 3 aromatic carbocycles. The van der Waals surface area contributed by atoms with Crippen molar-refractivity contribution in [3.05, 3.63) is 83.4 Å². The maximum Gasteiger partial charge on any atom is 0.119 e. The molecule has 2 unspecified atom stereocenters. The molecular formula is C26H30ClNO3. The van der Waals surface area contributed by atoms with Gasteiger partial charge in [-0.05, 0) is 72.0 Å². The molecule has 164 valence electrons. The van der Waals surface area contributed by atoms with Crippen molar-refractivity contribution in [2.24, 2.45) is 0 Å². The zero-order valence-corrected chi connectivity index (χ0v) is 19.1. The van der Waals surface area contributed by atoms with Crippen LogP contribution in [0.4, 0.5) is 0 Å². The van der Waals surface area contributed by atoms with E-state index < -0.39 is 6.10 Å². The highest BCUT2D eigenvalue weighted by atomic mass is 35.5. The van der Waals surface area contributed by atoms with Crippen molar-refractivity contribution in [2.75, 3.05) is 27.8 Å². The number of ether oxygens (including phenoxy) is 2. The SMILES string of the molecule is COc1ccc2c(c1)-c1cc(OC)ccc1C(O)C(Cc1ccccc1)N(C)CC2.Cl. The quantitative estimate of drug-likeness (QED) is 0.626. The second-order valence-corrected chi connectivity index (χ2v) is 7.91. The predicted molar refractivity (Wildman–Crippen MR) is 127 cm³/mol. The fraction of sp³-hybridized carbons (Fsp3) is 0.308. The van der Waals surface area contributed by atoms with Crippen molar-refractivity contribution in [1.29, 1.82) is 0 Å². The van der Waals surface area contributed by atoms with Gasteiger partial charge in [0.05, 0.1) is 20.3 Å². The predicted octanol–water partition coefficient (Wildman–Crippen LogP) is 4.93. The van der Waals surface area contributed by atoms with Gasteiger partial charge in [0.1, 0.15) is 11.5 Å². The van der Waals surface area contributed by atoms with Crippen LogP contribution in [0, 0.1) is 0 Å². The molecule has 0 bridgehead atoms. The first-order valence-electron chi connectivity index (χ1n) is 10.4. The smallest absolute Gasteiger partial charge is 0.119 e. The lowest BCUT2D eigenvalue weighted by Gasteiger charge is -2.32. The maximum atomic E-state index is 11.6. The van der Waals surface area contributed by atoms with E-state index in [0.717, 1.165) is 47.6 Å². The molecule has 0 saturated carbocycles. The standard InChI is InChI=1S/C26H29NO3.ClH/c1-27-14-13-19-9-10-20(29-2)16-23(19)24-17-21(30-3)11-12-22(24)26(28)25(27)15-18-7-5-4-6-8-18;/h4-12,16-17,25-26,28H,13-15H2,1-3H3;1H. The molecule has 1 heterocycles. The second-order valence-electron chi connectivity index (χ2n) is 7.91. The molecule has 5 heteroatoms. The summed E-state index contributed by atoms with van der Waals surface area (Å²) in [7, 11) is 5.46. The Morgan fingerprint density at radius 1 is 0.903 bits per heavy atom. The van der Waals surface area contributed by atoms with E-state index in [4.69, 9.17) is 9.47 Å². The molecule has 0 aliphatic carbocycles. The van der Waals surface area contributed by atoms with E-state index in [-0.39, 0.29) is 18.4 Å². The van der Waals surface area contributed by atoms with Crippen molar-refractivity contribution in [3.63, 3.8) is 0 Å². The van der Waals surface area contributed by atoms with Crippen LogP contribution in [0.15, 0.2) is 66.7 Å². The van der Waals surface area contributed by atoms with Crippen molar-refractivity contribution in [3.8, 4) is 22.6 Å². The fourth-order valence-electron chi connectivity index (χ4n) is 4.34. The second kappa shape index (κ2) is 10.2. The van der Waals surface area contributed by atoms with Crippen molar-refractivity contribution < 1.29 is 14.6 Å². The number of benzene rings is 3. The Morgan fingerprint density at radius 2 is 1.55 bits per heavy atom. The zero-order valence-electron chi connectivity index (χ0n) is 18.2. The molecule has 1 aliphatic heterocycles. The fourth-order valence-corrected chi connectivity index (χ4v) is 4.34. The molecule has 4 rings (SSSR count). The van der Waals surface area contributed by atoms with Crippen LogP contribution in [0.5, 0.6) is 11.5 Å². The summed E-state index contributed by atoms with van der Waals surface area (Å²) in [4.78, 5) is 2.28. The van der Waals surface area contributed by atoms with Crippen LogP contribution < -0.4 is 9.47 Å². The number of halogens is 1. The molecule has 0 aromatic heterocycles. The average Bonchev–Trinajstić information content (AvgIpc) is 2.83. The highest BCUT2D eigenvalue weighted by molar-refractivity contribution is 5.85. The number of hydrogen-bond acceptors (Lipinski definition) is 4. The number of likely N-dealkylation sites (N-methyl/N-ethyl adjacent to an activating group) is 1. The van der Waals surface area contributed by atoms with Crippen LogP contribution in [0.3, 0.4) is 0 Å². The van der Waals surface area contributed by atoms with Gasteiger partial charge in [-0.15, -0.1) is 12.4 Å². The number of aliphatic hydroxyl groups excluding tert-OH is 1. The van der Waals surface area contributed by atoms with Gasteiger partial charge in [-0.25, -0.2) is 0 Å². The number of fused-ring (bicyclic) bond motifs is 3. The van der Waals surface area contributed by atoms with E-state index in [2.05, 4.69) is 48.3 Å². The van der Waals surface area contributed by atoms with Crippen LogP contribution in [0.25, 0.3) is 11.1 Å². The van der Waals surface area contributed by atoms with E-state index in [1.54, 1.807) is 14.2 Å². The van der Waals surface area contributed by atoms with Gasteiger partial charge in [0.25, 0.3) is 0 Å². The highest BCUT2D eigenvalue weighted by Gasteiger charge is 2.30. The summed E-state index contributed by atoms with van der Waals surface area (Å²) in [5, 5.41) is 11.6. The zero-order chi connectivity index (χ0) is 21.1. The van der Waals surface area contributed by atoms with Crippen molar-refractivity contribution >= 4 is 12.4 Å². The van der Waals surface area contributed by atoms with Crippen LogP contribution >= 0.6 is 12.4 Å². The summed E-state index contributed by atoms with van der Waals surface area (Å²) in [6.45, 7) is 0.860. The third-order valence-corrected chi connectivity index (χ3v) is 6.14. The molecule has 4 nitrogen and oxygen atoms in total. The lowest BCUT2D eigenvalue weighted by molar-refractivity contribution is 0.0638. The number of methoxy groups -OCH3 is 2. The largest absolute Gasteiger partial charge is 0.497 e. The van der Waals surface area contributed by atoms with Crippen LogP contribution in [0.2, 0.25) is 0 Å². The normalized spacial score (nSPS) is 18.5. The first-order valence-corrected chi connectivity index (χ1v) is 10.4. The van der Waals surface area contributed by atoms with Gasteiger partial charge in [-0.2, -0.15) is 0 Å². The van der Waals surface area contributed by atoms with Gasteiger partial charge in [-0.1, -0.05) is 42.5 Å². The Bertz CT molecular complexity index is 1010. The monoisotopic (exact) mass is 439 g/mol. The Balaban J connectivity index is 0.00000272. The van der Waals surface area contributed by atoms with Crippen molar-refractivity contribution in [1.82, 2.24) is 4.90 Å². The molecule has 0 amide bonds. The van der Waals surface area contributed by atoms with Crippen molar-refractivity contribution in [2.45, 2.75) is 25.0 Å². The van der Waals surface area contributed by atoms with Crippen LogP contribution in [-0.2, 0) is 12.8 Å². The lowest BCUT2D eigenvalue weighted by Crippen LogP contribution is -2.39. The first-order chi connectivity index (χ1) is 14.6. The number of rotatable bonds is 4. The average molecular weight is 440 g/mol. The Hall–Kier alpha value is -2.53. The molecule has 31 heavy (non-hydrogen) atoms. The Kier molecular flexibility index (Phi) is 7.60. The Morgan fingerprint density at radius 3 is 2.23 bits per heavy atom. The number of aliphatic hydroxyl groups is 1. The molecule has 3 aromatic rings. The third-order valence-electron chi connectivity index (χ3n) is 6.14. The van der Waals surface area contributed by atoms with Crippen LogP contribution in [-0.4, -0.2) is 43.9 Å². The first kappa shape index (κ1) is 23.1. The molecule has 0 spiro atoms. The minimum absolute atomic E-state index is 0. The van der Waals surface area contributed by atoms with E-state index in [0.29, 0.717) is 0 Å². The summed E-state index contributed by atoms with van der Waals surface area (Å²) in [6, 6.07) is 22.5. The summed E-state index contributed by atoms with van der Waals surface area (Å²) in [6.07, 6.45) is 1.04. The van der Waals surface area contributed by atoms with E-state index in [9.17, 15) is 5.11 Å². The van der Waals surface area contributed by atoms with Gasteiger partial charge in [0.15, 0.2) is 0 Å². The van der Waals surface area contributed by atoms with Gasteiger partial charge < -0.3 is 14.6 Å². The van der Waals surface area contributed by atoms with E-state index >= 15 is 0 Å². The topological polar surface area (TPSA) is 41.9 Å². The van der Waals surface area contributed by atoms with Gasteiger partial charge in [-0.3, -0.25) is 4.90 Å². The summed E-state index contributed by atoms with van der Waals surface area (Å²) >= 11 is 0. The molecule has 1 N–H and O–H groups in total. The summed E-state index contributed by atoms with van der Waals surface area (Å²) in [5.74, 6) is 1.59. The lowest BCUT2D eigenvalue weighted by atomic mass is 9.88. The minimum Gasteiger partial charge on any atom is -0.497 e.